The van der Waals surface area contributed by atoms with Gasteiger partial charge in [0.05, 0.1) is 0 Å². The first-order valence-corrected chi connectivity index (χ1v) is 7.91. The molecule has 0 aliphatic carbocycles. The summed E-state index contributed by atoms with van der Waals surface area (Å²) in [5.41, 5.74) is 3.19. The molecule has 0 aromatic rings. The minimum Gasteiger partial charge on any atom is -0.368 e. The fraction of sp³-hybridized carbons (Fsp3) is 0.700. The molecular formula is C10H18O2Si. The Morgan fingerprint density at radius 2 is 1.92 bits per heavy atom. The van der Waals surface area contributed by atoms with Crippen molar-refractivity contribution in [3.63, 3.8) is 0 Å². The second-order valence-electron chi connectivity index (χ2n) is 4.17. The van der Waals surface area contributed by atoms with Crippen LogP contribution in [0.15, 0.2) is 0 Å². The standard InChI is InChI=1S/C10H18O2Si/c1-9(8-11)10(12-2)6-7-13(3,4)5/h8-10H,1-5H3/t9-,10-/m0/s1. The third-order valence-electron chi connectivity index (χ3n) is 1.54. The predicted molar refractivity (Wildman–Crippen MR) is 57.1 cm³/mol. The van der Waals surface area contributed by atoms with Crippen LogP contribution >= 0.6 is 0 Å². The molecule has 0 aliphatic heterocycles. The molecule has 0 aromatic carbocycles. The Hall–Kier alpha value is -0.593. The number of ether oxygens (including phenoxy) is 1. The van der Waals surface area contributed by atoms with Crippen molar-refractivity contribution in [3.05, 3.63) is 0 Å². The summed E-state index contributed by atoms with van der Waals surface area (Å²) in [6.07, 6.45) is 0.636. The third-order valence-corrected chi connectivity index (χ3v) is 2.43. The number of hydrogen-bond acceptors (Lipinski definition) is 2. The molecule has 0 unspecified atom stereocenters. The van der Waals surface area contributed by atoms with Gasteiger partial charge < -0.3 is 9.53 Å². The fourth-order valence-corrected chi connectivity index (χ4v) is 1.34. The average Bonchev–Trinajstić information content (AvgIpc) is 2.03. The van der Waals surface area contributed by atoms with Crippen LogP contribution in [0.3, 0.4) is 0 Å². The normalized spacial score (nSPS) is 15.5. The van der Waals surface area contributed by atoms with Crippen LogP contribution in [0.4, 0.5) is 0 Å². The van der Waals surface area contributed by atoms with Gasteiger partial charge in [0, 0.05) is 13.0 Å². The maximum Gasteiger partial charge on any atom is 0.129 e. The maximum atomic E-state index is 10.5. The first kappa shape index (κ1) is 12.4. The lowest BCUT2D eigenvalue weighted by molar-refractivity contribution is -0.113. The van der Waals surface area contributed by atoms with Crippen molar-refractivity contribution in [1.29, 1.82) is 0 Å². The summed E-state index contributed by atoms with van der Waals surface area (Å²) >= 11 is 0. The highest BCUT2D eigenvalue weighted by Crippen LogP contribution is 2.04. The van der Waals surface area contributed by atoms with Crippen molar-refractivity contribution in [2.45, 2.75) is 32.7 Å². The molecule has 0 N–H and O–H groups in total. The zero-order valence-corrected chi connectivity index (χ0v) is 10.0. The van der Waals surface area contributed by atoms with Gasteiger partial charge in [0.2, 0.25) is 0 Å². The summed E-state index contributed by atoms with van der Waals surface area (Å²) in [7, 11) is 0.235. The zero-order chi connectivity index (χ0) is 10.5. The zero-order valence-electron chi connectivity index (χ0n) is 9.05. The van der Waals surface area contributed by atoms with E-state index in [2.05, 4.69) is 31.1 Å². The van der Waals surface area contributed by atoms with E-state index in [0.29, 0.717) is 0 Å². The molecule has 0 bridgehead atoms. The summed E-state index contributed by atoms with van der Waals surface area (Å²) in [5, 5.41) is 0. The van der Waals surface area contributed by atoms with E-state index in [9.17, 15) is 4.79 Å². The highest BCUT2D eigenvalue weighted by molar-refractivity contribution is 6.83. The van der Waals surface area contributed by atoms with Crippen LogP contribution in [0, 0.1) is 17.4 Å². The van der Waals surface area contributed by atoms with E-state index in [0.717, 1.165) is 6.29 Å². The number of methoxy groups -OCH3 is 1. The van der Waals surface area contributed by atoms with Crippen LogP contribution in [0.1, 0.15) is 6.92 Å². The van der Waals surface area contributed by atoms with Crippen LogP contribution in [-0.4, -0.2) is 27.6 Å². The number of carbonyl (C=O) groups excluding carboxylic acids is 1. The maximum absolute atomic E-state index is 10.5. The van der Waals surface area contributed by atoms with Gasteiger partial charge in [-0.2, -0.15) is 0 Å². The summed E-state index contributed by atoms with van der Waals surface area (Å²) in [6.45, 7) is 8.31. The molecule has 3 heteroatoms. The number of hydrogen-bond donors (Lipinski definition) is 0. The van der Waals surface area contributed by atoms with E-state index in [1.54, 1.807) is 7.11 Å². The second kappa shape index (κ2) is 5.20. The molecule has 0 amide bonds. The van der Waals surface area contributed by atoms with E-state index < -0.39 is 8.07 Å². The molecule has 0 radical (unpaired) electrons. The van der Waals surface area contributed by atoms with Crippen molar-refractivity contribution >= 4 is 14.4 Å². The van der Waals surface area contributed by atoms with Gasteiger partial charge >= 0.3 is 0 Å². The van der Waals surface area contributed by atoms with E-state index in [1.165, 1.54) is 0 Å². The molecule has 74 valence electrons. The Kier molecular flexibility index (Phi) is 4.97. The van der Waals surface area contributed by atoms with Crippen LogP contribution in [0.2, 0.25) is 19.6 Å². The number of aldehydes is 1. The SMILES string of the molecule is CO[C@@H](C#C[Si](C)(C)C)[C@@H](C)C=O. The Morgan fingerprint density at radius 3 is 2.23 bits per heavy atom. The van der Waals surface area contributed by atoms with Gasteiger partial charge in [-0.05, 0) is 0 Å². The molecule has 2 atom stereocenters. The average molecular weight is 198 g/mol. The third kappa shape index (κ3) is 5.62. The lowest BCUT2D eigenvalue weighted by atomic mass is 10.1. The molecule has 0 spiro atoms. The Labute approximate surface area is 81.7 Å². The lowest BCUT2D eigenvalue weighted by Crippen LogP contribution is -2.22. The molecular weight excluding hydrogens is 180 g/mol. The van der Waals surface area contributed by atoms with Gasteiger partial charge in [0.15, 0.2) is 0 Å². The van der Waals surface area contributed by atoms with Crippen LogP contribution < -0.4 is 0 Å². The van der Waals surface area contributed by atoms with E-state index in [-0.39, 0.29) is 12.0 Å². The molecule has 0 saturated heterocycles. The smallest absolute Gasteiger partial charge is 0.129 e. The second-order valence-corrected chi connectivity index (χ2v) is 8.92. The molecule has 13 heavy (non-hydrogen) atoms. The molecule has 0 aromatic heterocycles. The monoisotopic (exact) mass is 198 g/mol. The Morgan fingerprint density at radius 1 is 1.38 bits per heavy atom. The molecule has 0 heterocycles. The van der Waals surface area contributed by atoms with Crippen molar-refractivity contribution in [2.24, 2.45) is 5.92 Å². The van der Waals surface area contributed by atoms with E-state index >= 15 is 0 Å². The summed E-state index contributed by atoms with van der Waals surface area (Å²) < 4.78 is 5.12. The van der Waals surface area contributed by atoms with E-state index in [1.807, 2.05) is 6.92 Å². The predicted octanol–water partition coefficient (Wildman–Crippen LogP) is 1.72. The minimum atomic E-state index is -1.35. The van der Waals surface area contributed by atoms with Crippen molar-refractivity contribution < 1.29 is 9.53 Å². The van der Waals surface area contributed by atoms with Crippen molar-refractivity contribution in [2.75, 3.05) is 7.11 Å². The molecule has 2 nitrogen and oxygen atoms in total. The van der Waals surface area contributed by atoms with Gasteiger partial charge in [-0.15, -0.1) is 5.54 Å². The quantitative estimate of drug-likeness (QED) is 0.392. The first-order chi connectivity index (χ1) is 5.90. The molecule has 0 aliphatic rings. The number of rotatable bonds is 3. The highest BCUT2D eigenvalue weighted by Gasteiger charge is 2.14. The van der Waals surface area contributed by atoms with Crippen LogP contribution in [0.5, 0.6) is 0 Å². The first-order valence-electron chi connectivity index (χ1n) is 4.41. The summed E-state index contributed by atoms with van der Waals surface area (Å²) in [4.78, 5) is 10.5. The Bertz CT molecular complexity index is 219. The topological polar surface area (TPSA) is 26.3 Å². The number of carbonyl (C=O) groups is 1. The van der Waals surface area contributed by atoms with Gasteiger partial charge in [0.1, 0.15) is 20.5 Å². The minimum absolute atomic E-state index is 0.145. The van der Waals surface area contributed by atoms with E-state index in [4.69, 9.17) is 4.74 Å². The molecule has 0 rings (SSSR count). The molecule has 0 saturated carbocycles. The van der Waals surface area contributed by atoms with Crippen molar-refractivity contribution in [3.8, 4) is 11.5 Å². The summed E-state index contributed by atoms with van der Waals surface area (Å²) in [5.74, 6) is 2.87. The highest BCUT2D eigenvalue weighted by atomic mass is 28.3. The Balaban J connectivity index is 4.42. The van der Waals surface area contributed by atoms with Crippen molar-refractivity contribution in [1.82, 2.24) is 0 Å². The van der Waals surface area contributed by atoms with Gasteiger partial charge in [-0.1, -0.05) is 32.5 Å². The molecule has 0 fully saturated rings. The largest absolute Gasteiger partial charge is 0.368 e. The van der Waals surface area contributed by atoms with Crippen LogP contribution in [0.25, 0.3) is 0 Å². The fourth-order valence-electron chi connectivity index (χ4n) is 0.764. The van der Waals surface area contributed by atoms with Crippen LogP contribution in [-0.2, 0) is 9.53 Å². The lowest BCUT2D eigenvalue weighted by Gasteiger charge is -2.12. The van der Waals surface area contributed by atoms with Gasteiger partial charge in [-0.25, -0.2) is 0 Å². The van der Waals surface area contributed by atoms with Gasteiger partial charge in [-0.3, -0.25) is 0 Å². The summed E-state index contributed by atoms with van der Waals surface area (Å²) in [6, 6.07) is 0. The van der Waals surface area contributed by atoms with Gasteiger partial charge in [0.25, 0.3) is 0 Å².